The molecular formula is C23H43N3O9. The van der Waals surface area contributed by atoms with Gasteiger partial charge in [0.15, 0.2) is 0 Å². The van der Waals surface area contributed by atoms with Crippen LogP contribution in [0.15, 0.2) is 0 Å². The van der Waals surface area contributed by atoms with Gasteiger partial charge in [0.05, 0.1) is 39.6 Å². The van der Waals surface area contributed by atoms with Crippen LogP contribution in [-0.2, 0) is 38.1 Å². The maximum absolute atomic E-state index is 11.7. The van der Waals surface area contributed by atoms with E-state index in [9.17, 15) is 19.2 Å². The number of hydrogen-bond acceptors (Lipinski definition) is 8. The molecule has 12 heteroatoms. The molecule has 204 valence electrons. The summed E-state index contributed by atoms with van der Waals surface area (Å²) in [5, 5.41) is 16.6. The number of nitrogens with one attached hydrogen (secondary N) is 3. The van der Waals surface area contributed by atoms with Gasteiger partial charge in [0.25, 0.3) is 0 Å². The Kier molecular flexibility index (Phi) is 23.2. The van der Waals surface area contributed by atoms with Crippen molar-refractivity contribution in [2.75, 3.05) is 72.5 Å². The van der Waals surface area contributed by atoms with Crippen molar-refractivity contribution in [3.05, 3.63) is 0 Å². The van der Waals surface area contributed by atoms with Gasteiger partial charge in [-0.1, -0.05) is 26.2 Å². The molecule has 35 heavy (non-hydrogen) atoms. The fraction of sp³-hybridized carbons (Fsp3) is 0.826. The first-order chi connectivity index (χ1) is 17.0. The second-order valence-corrected chi connectivity index (χ2v) is 7.69. The Morgan fingerprint density at radius 2 is 1.09 bits per heavy atom. The van der Waals surface area contributed by atoms with Gasteiger partial charge in [0, 0.05) is 32.5 Å². The number of carboxylic acids is 1. The smallest absolute Gasteiger partial charge is 0.303 e. The highest BCUT2D eigenvalue weighted by Crippen LogP contribution is 1.97. The molecule has 0 aliphatic rings. The lowest BCUT2D eigenvalue weighted by atomic mass is 10.2. The van der Waals surface area contributed by atoms with E-state index in [1.807, 2.05) is 0 Å². The van der Waals surface area contributed by atoms with E-state index in [4.69, 9.17) is 24.1 Å². The van der Waals surface area contributed by atoms with Gasteiger partial charge in [0.2, 0.25) is 17.7 Å². The van der Waals surface area contributed by atoms with Crippen LogP contribution in [0.3, 0.4) is 0 Å². The van der Waals surface area contributed by atoms with Gasteiger partial charge in [-0.25, -0.2) is 0 Å². The SMILES string of the molecule is CCCCCCNC(=O)COCCOCCNC(=O)COCCOCCNC(=O)CCCC(=O)O. The monoisotopic (exact) mass is 505 g/mol. The number of carbonyl (C=O) groups excluding carboxylic acids is 3. The summed E-state index contributed by atoms with van der Waals surface area (Å²) in [5.74, 6) is -1.53. The molecule has 12 nitrogen and oxygen atoms in total. The van der Waals surface area contributed by atoms with E-state index in [0.29, 0.717) is 52.5 Å². The number of rotatable bonds is 25. The number of hydrogen-bond donors (Lipinski definition) is 4. The average molecular weight is 506 g/mol. The van der Waals surface area contributed by atoms with Crippen LogP contribution in [0, 0.1) is 0 Å². The predicted octanol–water partition coefficient (Wildman–Crippen LogP) is 0.237. The lowest BCUT2D eigenvalue weighted by molar-refractivity contribution is -0.137. The number of aliphatic carboxylic acids is 1. The van der Waals surface area contributed by atoms with Gasteiger partial charge in [-0.3, -0.25) is 19.2 Å². The first-order valence-corrected chi connectivity index (χ1v) is 12.3. The fourth-order valence-corrected chi connectivity index (χ4v) is 2.67. The van der Waals surface area contributed by atoms with E-state index >= 15 is 0 Å². The number of amides is 3. The van der Waals surface area contributed by atoms with Gasteiger partial charge in [0.1, 0.15) is 13.2 Å². The zero-order valence-corrected chi connectivity index (χ0v) is 20.9. The minimum Gasteiger partial charge on any atom is -0.481 e. The van der Waals surface area contributed by atoms with E-state index in [-0.39, 0.29) is 57.0 Å². The fourth-order valence-electron chi connectivity index (χ4n) is 2.67. The van der Waals surface area contributed by atoms with Crippen molar-refractivity contribution < 1.29 is 43.2 Å². The second-order valence-electron chi connectivity index (χ2n) is 7.69. The van der Waals surface area contributed by atoms with Gasteiger partial charge in [-0.2, -0.15) is 0 Å². The van der Waals surface area contributed by atoms with Crippen molar-refractivity contribution in [3.63, 3.8) is 0 Å². The van der Waals surface area contributed by atoms with Gasteiger partial charge >= 0.3 is 5.97 Å². The zero-order valence-electron chi connectivity index (χ0n) is 20.9. The summed E-state index contributed by atoms with van der Waals surface area (Å²) in [6.45, 7) is 5.16. The minimum atomic E-state index is -0.921. The molecule has 0 radical (unpaired) electrons. The largest absolute Gasteiger partial charge is 0.481 e. The van der Waals surface area contributed by atoms with E-state index < -0.39 is 5.97 Å². The summed E-state index contributed by atoms with van der Waals surface area (Å²) in [7, 11) is 0. The second kappa shape index (κ2) is 24.8. The van der Waals surface area contributed by atoms with Gasteiger partial charge < -0.3 is 40.0 Å². The molecule has 0 saturated heterocycles. The Labute approximate surface area is 207 Å². The molecule has 0 aromatic carbocycles. The highest BCUT2D eigenvalue weighted by atomic mass is 16.5. The summed E-state index contributed by atoms with van der Waals surface area (Å²) < 4.78 is 21.1. The van der Waals surface area contributed by atoms with Crippen LogP contribution in [0.25, 0.3) is 0 Å². The number of unbranched alkanes of at least 4 members (excludes halogenated alkanes) is 3. The van der Waals surface area contributed by atoms with E-state index in [1.54, 1.807) is 0 Å². The normalized spacial score (nSPS) is 10.7. The zero-order chi connectivity index (χ0) is 26.0. The Balaban J connectivity index is 3.33. The molecule has 0 aromatic rings. The molecule has 0 rings (SSSR count). The van der Waals surface area contributed by atoms with Crippen LogP contribution in [-0.4, -0.2) is 101 Å². The molecule has 0 atom stereocenters. The van der Waals surface area contributed by atoms with Crippen LogP contribution in [0.2, 0.25) is 0 Å². The Morgan fingerprint density at radius 1 is 0.571 bits per heavy atom. The minimum absolute atomic E-state index is 0.0121. The average Bonchev–Trinajstić information content (AvgIpc) is 2.82. The Bertz CT molecular complexity index is 576. The van der Waals surface area contributed by atoms with Crippen molar-refractivity contribution in [1.82, 2.24) is 16.0 Å². The third-order valence-electron chi connectivity index (χ3n) is 4.49. The Morgan fingerprint density at radius 3 is 1.63 bits per heavy atom. The maximum atomic E-state index is 11.7. The van der Waals surface area contributed by atoms with Crippen molar-refractivity contribution in [1.29, 1.82) is 0 Å². The van der Waals surface area contributed by atoms with Crippen LogP contribution in [0.1, 0.15) is 51.9 Å². The highest BCUT2D eigenvalue weighted by Gasteiger charge is 2.04. The lowest BCUT2D eigenvalue weighted by Crippen LogP contribution is -2.31. The molecule has 0 aliphatic carbocycles. The standard InChI is InChI=1S/C23H43N3O9/c1-2-3-4-5-9-24-21(28)18-34-16-15-33-13-11-26-22(29)19-35-17-14-32-12-10-25-20(27)7-6-8-23(30)31/h2-19H2,1H3,(H,24,28)(H,25,27)(H,26,29)(H,30,31). The molecule has 0 aromatic heterocycles. The molecule has 0 aliphatic heterocycles. The van der Waals surface area contributed by atoms with Crippen LogP contribution in [0.4, 0.5) is 0 Å². The number of ether oxygens (including phenoxy) is 4. The van der Waals surface area contributed by atoms with Crippen molar-refractivity contribution >= 4 is 23.7 Å². The molecule has 0 fully saturated rings. The summed E-state index contributed by atoms with van der Waals surface area (Å²) in [6, 6.07) is 0. The first-order valence-electron chi connectivity index (χ1n) is 12.3. The maximum Gasteiger partial charge on any atom is 0.303 e. The highest BCUT2D eigenvalue weighted by molar-refractivity contribution is 5.77. The molecule has 0 unspecified atom stereocenters. The van der Waals surface area contributed by atoms with E-state index in [2.05, 4.69) is 22.9 Å². The molecule has 0 bridgehead atoms. The topological polar surface area (TPSA) is 162 Å². The molecule has 3 amide bonds. The Hall–Kier alpha value is -2.28. The summed E-state index contributed by atoms with van der Waals surface area (Å²) in [4.78, 5) is 45.0. The quantitative estimate of drug-likeness (QED) is 0.127. The van der Waals surface area contributed by atoms with Crippen LogP contribution < -0.4 is 16.0 Å². The molecule has 0 heterocycles. The lowest BCUT2D eigenvalue weighted by Gasteiger charge is -2.09. The van der Waals surface area contributed by atoms with Gasteiger partial charge in [-0.15, -0.1) is 0 Å². The molecule has 4 N–H and O–H groups in total. The molecular weight excluding hydrogens is 462 g/mol. The first kappa shape index (κ1) is 32.7. The third kappa shape index (κ3) is 26.2. The molecule has 0 saturated carbocycles. The third-order valence-corrected chi connectivity index (χ3v) is 4.49. The van der Waals surface area contributed by atoms with Crippen LogP contribution >= 0.6 is 0 Å². The van der Waals surface area contributed by atoms with Crippen molar-refractivity contribution in [3.8, 4) is 0 Å². The molecule has 0 spiro atoms. The van der Waals surface area contributed by atoms with E-state index in [0.717, 1.165) is 19.3 Å². The summed E-state index contributed by atoms with van der Waals surface area (Å²) in [5.41, 5.74) is 0. The van der Waals surface area contributed by atoms with Crippen molar-refractivity contribution in [2.24, 2.45) is 0 Å². The van der Waals surface area contributed by atoms with Crippen LogP contribution in [0.5, 0.6) is 0 Å². The van der Waals surface area contributed by atoms with E-state index in [1.165, 1.54) is 6.42 Å². The number of carbonyl (C=O) groups is 4. The van der Waals surface area contributed by atoms with Crippen molar-refractivity contribution in [2.45, 2.75) is 51.9 Å². The van der Waals surface area contributed by atoms with Gasteiger partial charge in [-0.05, 0) is 12.8 Å². The summed E-state index contributed by atoms with van der Waals surface area (Å²) >= 11 is 0. The predicted molar refractivity (Wildman–Crippen MR) is 128 cm³/mol. The number of carboxylic acid groups (broad SMARTS) is 1. The summed E-state index contributed by atoms with van der Waals surface area (Å²) in [6.07, 6.45) is 4.88.